The fraction of sp³-hybridized carbons (Fsp3) is 0.333. The highest BCUT2D eigenvalue weighted by molar-refractivity contribution is 6.03. The zero-order chi connectivity index (χ0) is 20.6. The fourth-order valence-corrected chi connectivity index (χ4v) is 3.51. The smallest absolute Gasteiger partial charge is 0.250 e. The molecule has 0 bridgehead atoms. The van der Waals surface area contributed by atoms with Gasteiger partial charge in [0.2, 0.25) is 5.91 Å². The summed E-state index contributed by atoms with van der Waals surface area (Å²) >= 11 is 0. The lowest BCUT2D eigenvalue weighted by molar-refractivity contribution is -0.123. The number of rotatable bonds is 8. The normalized spacial score (nSPS) is 15.2. The summed E-state index contributed by atoms with van der Waals surface area (Å²) in [6.45, 7) is 2.57. The van der Waals surface area contributed by atoms with Crippen LogP contribution < -0.4 is 16.0 Å². The molecule has 3 N–H and O–H groups in total. The second-order valence-corrected chi connectivity index (χ2v) is 7.38. The van der Waals surface area contributed by atoms with Crippen LogP contribution >= 0.6 is 0 Å². The van der Waals surface area contributed by atoms with Crippen molar-refractivity contribution < 1.29 is 9.59 Å². The molecule has 0 fully saturated rings. The van der Waals surface area contributed by atoms with Gasteiger partial charge in [0, 0.05) is 24.4 Å². The van der Waals surface area contributed by atoms with Gasteiger partial charge in [0.15, 0.2) is 0 Å². The minimum Gasteiger partial charge on any atom is -0.349 e. The van der Waals surface area contributed by atoms with Crippen molar-refractivity contribution in [1.29, 1.82) is 0 Å². The van der Waals surface area contributed by atoms with E-state index in [4.69, 9.17) is 5.73 Å². The first-order valence-corrected chi connectivity index (χ1v) is 10.3. The van der Waals surface area contributed by atoms with Crippen molar-refractivity contribution >= 4 is 17.5 Å². The molecule has 2 atom stereocenters. The monoisotopic (exact) mass is 391 g/mol. The standard InChI is InChI=1S/C24H29N3O2/c1-2-21(25)24(29)26-20(13-12-18-8-4-3-5-9-18)14-15-23(28)27-17-16-19-10-6-7-11-22(19)27/h3-11,14-15,20-21H,2,12-13,16-17,25H2,1H3,(H,26,29)/b15-14+/t20-,21-/m0/s1. The van der Waals surface area contributed by atoms with Crippen LogP contribution in [0, 0.1) is 0 Å². The van der Waals surface area contributed by atoms with Crippen molar-refractivity contribution in [2.24, 2.45) is 5.73 Å². The summed E-state index contributed by atoms with van der Waals surface area (Å²) in [4.78, 5) is 26.9. The molecule has 0 spiro atoms. The van der Waals surface area contributed by atoms with Crippen molar-refractivity contribution in [2.45, 2.75) is 44.7 Å². The van der Waals surface area contributed by atoms with E-state index in [0.717, 1.165) is 18.5 Å². The number of nitrogens with two attached hydrogens (primary N) is 1. The minimum atomic E-state index is -0.538. The second kappa shape index (κ2) is 10.0. The molecular formula is C24H29N3O2. The number of fused-ring (bicyclic) bond motifs is 1. The number of nitrogens with one attached hydrogen (secondary N) is 1. The quantitative estimate of drug-likeness (QED) is 0.679. The Kier molecular flexibility index (Phi) is 7.19. The molecular weight excluding hydrogens is 362 g/mol. The minimum absolute atomic E-state index is 0.0614. The summed E-state index contributed by atoms with van der Waals surface area (Å²) in [7, 11) is 0. The van der Waals surface area contributed by atoms with Gasteiger partial charge in [-0.2, -0.15) is 0 Å². The number of carbonyl (C=O) groups is 2. The van der Waals surface area contributed by atoms with E-state index in [-0.39, 0.29) is 17.9 Å². The fourth-order valence-electron chi connectivity index (χ4n) is 3.51. The topological polar surface area (TPSA) is 75.4 Å². The molecule has 2 aromatic rings. The van der Waals surface area contributed by atoms with E-state index in [1.54, 1.807) is 17.1 Å². The van der Waals surface area contributed by atoms with Crippen LogP contribution in [-0.4, -0.2) is 30.4 Å². The van der Waals surface area contributed by atoms with Crippen LogP contribution in [0.3, 0.4) is 0 Å². The SMILES string of the molecule is CC[C@H](N)C(=O)N[C@H](/C=C/C(=O)N1CCc2ccccc21)CCc1ccccc1. The Morgan fingerprint density at radius 1 is 1.14 bits per heavy atom. The summed E-state index contributed by atoms with van der Waals surface area (Å²) < 4.78 is 0. The molecule has 5 heteroatoms. The van der Waals surface area contributed by atoms with Gasteiger partial charge >= 0.3 is 0 Å². The predicted molar refractivity (Wildman–Crippen MR) is 117 cm³/mol. The van der Waals surface area contributed by atoms with Gasteiger partial charge in [0.1, 0.15) is 0 Å². The average Bonchev–Trinajstić information content (AvgIpc) is 3.19. The van der Waals surface area contributed by atoms with Gasteiger partial charge in [-0.3, -0.25) is 9.59 Å². The van der Waals surface area contributed by atoms with Crippen molar-refractivity contribution in [3.05, 3.63) is 77.9 Å². The Morgan fingerprint density at radius 3 is 2.62 bits per heavy atom. The van der Waals surface area contributed by atoms with E-state index < -0.39 is 6.04 Å². The summed E-state index contributed by atoms with van der Waals surface area (Å²) in [5.74, 6) is -0.247. The molecule has 3 rings (SSSR count). The van der Waals surface area contributed by atoms with Crippen LogP contribution in [0.1, 0.15) is 30.9 Å². The van der Waals surface area contributed by atoms with Crippen LogP contribution in [0.4, 0.5) is 5.69 Å². The Labute approximate surface area is 172 Å². The van der Waals surface area contributed by atoms with E-state index in [2.05, 4.69) is 23.5 Å². The van der Waals surface area contributed by atoms with Crippen molar-refractivity contribution in [3.8, 4) is 0 Å². The van der Waals surface area contributed by atoms with Gasteiger partial charge in [0.25, 0.3) is 5.91 Å². The van der Waals surface area contributed by atoms with E-state index in [1.807, 2.05) is 43.3 Å². The maximum absolute atomic E-state index is 12.8. The average molecular weight is 392 g/mol. The number of hydrogen-bond donors (Lipinski definition) is 2. The van der Waals surface area contributed by atoms with Gasteiger partial charge in [-0.25, -0.2) is 0 Å². The molecule has 29 heavy (non-hydrogen) atoms. The number of para-hydroxylation sites is 1. The first-order chi connectivity index (χ1) is 14.1. The van der Waals surface area contributed by atoms with E-state index in [9.17, 15) is 9.59 Å². The Bertz CT molecular complexity index is 863. The first kappa shape index (κ1) is 20.8. The molecule has 152 valence electrons. The Morgan fingerprint density at radius 2 is 1.86 bits per heavy atom. The molecule has 0 saturated carbocycles. The third kappa shape index (κ3) is 5.55. The van der Waals surface area contributed by atoms with E-state index in [0.29, 0.717) is 19.4 Å². The number of amides is 2. The highest BCUT2D eigenvalue weighted by atomic mass is 16.2. The van der Waals surface area contributed by atoms with Crippen molar-refractivity contribution in [3.63, 3.8) is 0 Å². The lowest BCUT2D eigenvalue weighted by Crippen LogP contribution is -2.44. The Hall–Kier alpha value is -2.92. The number of nitrogens with zero attached hydrogens (tertiary/aromatic N) is 1. The van der Waals surface area contributed by atoms with E-state index in [1.165, 1.54) is 11.1 Å². The molecule has 2 aromatic carbocycles. The molecule has 2 amide bonds. The molecule has 1 aliphatic rings. The number of carbonyl (C=O) groups excluding carboxylic acids is 2. The van der Waals surface area contributed by atoms with Gasteiger partial charge in [-0.1, -0.05) is 61.5 Å². The van der Waals surface area contributed by atoms with E-state index >= 15 is 0 Å². The molecule has 1 heterocycles. The lowest BCUT2D eigenvalue weighted by atomic mass is 10.0. The number of aryl methyl sites for hydroxylation is 1. The van der Waals surface area contributed by atoms with Crippen molar-refractivity contribution in [2.75, 3.05) is 11.4 Å². The number of anilines is 1. The lowest BCUT2D eigenvalue weighted by Gasteiger charge is -2.19. The van der Waals surface area contributed by atoms with Gasteiger partial charge in [-0.15, -0.1) is 0 Å². The zero-order valence-electron chi connectivity index (χ0n) is 16.9. The summed E-state index contributed by atoms with van der Waals surface area (Å²) in [5.41, 5.74) is 9.23. The van der Waals surface area contributed by atoms with Crippen LogP contribution in [0.15, 0.2) is 66.7 Å². The van der Waals surface area contributed by atoms with Crippen LogP contribution in [0.2, 0.25) is 0 Å². The van der Waals surface area contributed by atoms with Gasteiger partial charge in [0.05, 0.1) is 6.04 Å². The summed E-state index contributed by atoms with van der Waals surface area (Å²) in [5, 5.41) is 2.98. The molecule has 0 saturated heterocycles. The van der Waals surface area contributed by atoms with Crippen LogP contribution in [0.25, 0.3) is 0 Å². The molecule has 1 aliphatic heterocycles. The largest absolute Gasteiger partial charge is 0.349 e. The summed E-state index contributed by atoms with van der Waals surface area (Å²) in [6.07, 6.45) is 6.33. The number of hydrogen-bond acceptors (Lipinski definition) is 3. The molecule has 0 aliphatic carbocycles. The number of benzene rings is 2. The van der Waals surface area contributed by atoms with Gasteiger partial charge < -0.3 is 16.0 Å². The van der Waals surface area contributed by atoms with Crippen LogP contribution in [-0.2, 0) is 22.4 Å². The van der Waals surface area contributed by atoms with Crippen LogP contribution in [0.5, 0.6) is 0 Å². The molecule has 0 radical (unpaired) electrons. The second-order valence-electron chi connectivity index (χ2n) is 7.38. The molecule has 0 aromatic heterocycles. The third-order valence-corrected chi connectivity index (χ3v) is 5.32. The van der Waals surface area contributed by atoms with Crippen molar-refractivity contribution in [1.82, 2.24) is 5.32 Å². The zero-order valence-corrected chi connectivity index (χ0v) is 16.9. The first-order valence-electron chi connectivity index (χ1n) is 10.3. The Balaban J connectivity index is 1.67. The third-order valence-electron chi connectivity index (χ3n) is 5.32. The molecule has 5 nitrogen and oxygen atoms in total. The summed E-state index contributed by atoms with van der Waals surface area (Å²) in [6, 6.07) is 17.3. The highest BCUT2D eigenvalue weighted by Crippen LogP contribution is 2.27. The maximum atomic E-state index is 12.8. The highest BCUT2D eigenvalue weighted by Gasteiger charge is 2.23. The maximum Gasteiger partial charge on any atom is 0.250 e. The van der Waals surface area contributed by atoms with Gasteiger partial charge in [-0.05, 0) is 42.9 Å². The molecule has 0 unspecified atom stereocenters. The predicted octanol–water partition coefficient (Wildman–Crippen LogP) is 2.99.